The van der Waals surface area contributed by atoms with E-state index in [2.05, 4.69) is 15.3 Å². The van der Waals surface area contributed by atoms with Gasteiger partial charge in [0.05, 0.1) is 12.6 Å². The van der Waals surface area contributed by atoms with Gasteiger partial charge in [-0.3, -0.25) is 19.0 Å². The zero-order chi connectivity index (χ0) is 22.1. The summed E-state index contributed by atoms with van der Waals surface area (Å²) in [7, 11) is 0. The van der Waals surface area contributed by atoms with Crippen molar-refractivity contribution in [2.24, 2.45) is 0 Å². The molecule has 0 bridgehead atoms. The minimum atomic E-state index is -0.369. The first-order valence-corrected chi connectivity index (χ1v) is 10.5. The fourth-order valence-electron chi connectivity index (χ4n) is 4.04. The normalized spacial score (nSPS) is 15.9. The summed E-state index contributed by atoms with van der Waals surface area (Å²) in [4.78, 5) is 35.0. The van der Waals surface area contributed by atoms with E-state index in [9.17, 15) is 9.59 Å². The Bertz CT molecular complexity index is 1360. The lowest BCUT2D eigenvalue weighted by molar-refractivity contribution is -0.666. The fraction of sp³-hybridized carbons (Fsp3) is 0.261. The second kappa shape index (κ2) is 8.35. The molecule has 32 heavy (non-hydrogen) atoms. The van der Waals surface area contributed by atoms with Crippen LogP contribution in [0.25, 0.3) is 16.7 Å². The molecule has 1 aliphatic heterocycles. The highest BCUT2D eigenvalue weighted by atomic mass is 16.5. The van der Waals surface area contributed by atoms with E-state index in [-0.39, 0.29) is 29.0 Å². The predicted octanol–water partition coefficient (Wildman–Crippen LogP) is 1.22. The monoisotopic (exact) mass is 431 g/mol. The van der Waals surface area contributed by atoms with Gasteiger partial charge in [0.15, 0.2) is 0 Å². The molecule has 0 spiro atoms. The third-order valence-electron chi connectivity index (χ3n) is 5.69. The highest BCUT2D eigenvalue weighted by molar-refractivity contribution is 6.00. The first kappa shape index (κ1) is 20.1. The van der Waals surface area contributed by atoms with Gasteiger partial charge in [-0.2, -0.15) is 0 Å². The number of nitrogens with one attached hydrogen (secondary N) is 1. The Labute approximate surface area is 183 Å². The zero-order valence-corrected chi connectivity index (χ0v) is 17.4. The van der Waals surface area contributed by atoms with E-state index in [4.69, 9.17) is 10.5 Å². The molecule has 1 aliphatic rings. The average Bonchev–Trinajstić information content (AvgIpc) is 3.34. The van der Waals surface area contributed by atoms with Crippen LogP contribution >= 0.6 is 0 Å². The molecule has 9 heteroatoms. The van der Waals surface area contributed by atoms with Crippen molar-refractivity contribution in [3.05, 3.63) is 76.5 Å². The molecule has 1 atom stereocenters. The number of ether oxygens (including phenoxy) is 1. The summed E-state index contributed by atoms with van der Waals surface area (Å²) in [6.07, 6.45) is 6.82. The molecule has 0 radical (unpaired) electrons. The second-order valence-electron chi connectivity index (χ2n) is 7.82. The van der Waals surface area contributed by atoms with Crippen LogP contribution in [0.15, 0.2) is 59.8 Å². The number of anilines is 1. The third kappa shape index (κ3) is 3.67. The van der Waals surface area contributed by atoms with E-state index in [0.717, 1.165) is 18.4 Å². The molecule has 5 heterocycles. The molecular weight excluding hydrogens is 408 g/mol. The van der Waals surface area contributed by atoms with Crippen LogP contribution in [0, 0.1) is 0 Å². The van der Waals surface area contributed by atoms with Crippen molar-refractivity contribution in [1.82, 2.24) is 19.7 Å². The molecule has 9 nitrogen and oxygen atoms in total. The van der Waals surface area contributed by atoms with E-state index in [1.54, 1.807) is 41.4 Å². The summed E-state index contributed by atoms with van der Waals surface area (Å²) in [6, 6.07) is 10.6. The van der Waals surface area contributed by atoms with E-state index < -0.39 is 0 Å². The van der Waals surface area contributed by atoms with Crippen molar-refractivity contribution in [2.45, 2.75) is 32.0 Å². The van der Waals surface area contributed by atoms with Crippen LogP contribution in [0.1, 0.15) is 28.8 Å². The first-order chi connectivity index (χ1) is 15.6. The van der Waals surface area contributed by atoms with Gasteiger partial charge in [-0.25, -0.2) is 4.57 Å². The largest absolute Gasteiger partial charge is 0.375 e. The number of carbonyl (C=O) groups is 1. The Morgan fingerprint density at radius 2 is 2.22 bits per heavy atom. The molecule has 0 aliphatic carbocycles. The number of pyridine rings is 3. The Morgan fingerprint density at radius 1 is 1.31 bits per heavy atom. The van der Waals surface area contributed by atoms with Crippen LogP contribution in [0.3, 0.4) is 0 Å². The number of carbonyl (C=O) groups excluding carboxylic acids is 1. The maximum atomic E-state index is 13.2. The van der Waals surface area contributed by atoms with E-state index >= 15 is 0 Å². The summed E-state index contributed by atoms with van der Waals surface area (Å²) >= 11 is 0. The number of rotatable bonds is 5. The lowest BCUT2D eigenvalue weighted by Gasteiger charge is -2.15. The van der Waals surface area contributed by atoms with Crippen LogP contribution in [0.5, 0.6) is 0 Å². The number of nitrogens with two attached hydrogens (primary N) is 1. The summed E-state index contributed by atoms with van der Waals surface area (Å²) in [5.41, 5.74) is 8.27. The molecule has 1 unspecified atom stereocenters. The molecular formula is C23H23N6O3+. The first-order valence-electron chi connectivity index (χ1n) is 10.5. The van der Waals surface area contributed by atoms with Crippen LogP contribution in [0.4, 0.5) is 5.82 Å². The van der Waals surface area contributed by atoms with Gasteiger partial charge in [0.2, 0.25) is 11.5 Å². The van der Waals surface area contributed by atoms with Gasteiger partial charge < -0.3 is 15.8 Å². The molecule has 1 saturated heterocycles. The minimum absolute atomic E-state index is 0.0461. The standard InChI is InChI=1S/C23H22N6O3/c24-20-17(22(30)26-13-15-5-3-8-25-12-15)11-18-21(29(20)14-16-6-4-10-32-16)27-19-7-1-2-9-28(19)23(18)31/h1-3,5,7-9,11-12,16,24H,4,6,10,13-14H2,(H,26,30)/p+1. The van der Waals surface area contributed by atoms with Gasteiger partial charge in [-0.05, 0) is 42.7 Å². The van der Waals surface area contributed by atoms with Crippen molar-refractivity contribution < 1.29 is 14.1 Å². The lowest BCUT2D eigenvalue weighted by Crippen LogP contribution is -2.46. The van der Waals surface area contributed by atoms with Crippen molar-refractivity contribution in [1.29, 1.82) is 0 Å². The SMILES string of the molecule is Nc1c(C(=O)NCc2cccnc2)cc2c(=O)n3ccccc3nc2[n+]1CC1CCCO1. The van der Waals surface area contributed by atoms with Gasteiger partial charge in [-0.1, -0.05) is 17.1 Å². The molecule has 1 fully saturated rings. The smallest absolute Gasteiger partial charge is 0.278 e. The molecule has 5 rings (SSSR count). The van der Waals surface area contributed by atoms with Gasteiger partial charge in [0.25, 0.3) is 17.1 Å². The Kier molecular flexibility index (Phi) is 5.24. The highest BCUT2D eigenvalue weighted by Crippen LogP contribution is 2.18. The number of aromatic nitrogens is 4. The van der Waals surface area contributed by atoms with Gasteiger partial charge in [0.1, 0.15) is 10.9 Å². The highest BCUT2D eigenvalue weighted by Gasteiger charge is 2.27. The summed E-state index contributed by atoms with van der Waals surface area (Å²) in [5.74, 6) is -0.115. The second-order valence-corrected chi connectivity index (χ2v) is 7.82. The molecule has 1 amide bonds. The number of nitrogens with zero attached hydrogens (tertiary/aromatic N) is 4. The van der Waals surface area contributed by atoms with E-state index in [1.807, 2.05) is 12.1 Å². The Hall–Kier alpha value is -3.85. The van der Waals surface area contributed by atoms with E-state index in [1.165, 1.54) is 10.5 Å². The van der Waals surface area contributed by atoms with E-state index in [0.29, 0.717) is 36.4 Å². The maximum Gasteiger partial charge on any atom is 0.278 e. The van der Waals surface area contributed by atoms with Gasteiger partial charge >= 0.3 is 0 Å². The lowest BCUT2D eigenvalue weighted by atomic mass is 10.1. The molecule has 4 aromatic heterocycles. The van der Waals surface area contributed by atoms with Crippen molar-refractivity contribution in [2.75, 3.05) is 12.3 Å². The predicted molar refractivity (Wildman–Crippen MR) is 118 cm³/mol. The zero-order valence-electron chi connectivity index (χ0n) is 17.4. The van der Waals surface area contributed by atoms with Crippen molar-refractivity contribution in [3.8, 4) is 0 Å². The van der Waals surface area contributed by atoms with Crippen molar-refractivity contribution >= 4 is 28.4 Å². The molecule has 162 valence electrons. The van der Waals surface area contributed by atoms with Crippen LogP contribution < -0.4 is 21.2 Å². The number of hydrogen-bond acceptors (Lipinski definition) is 6. The fourth-order valence-corrected chi connectivity index (χ4v) is 4.04. The van der Waals surface area contributed by atoms with Gasteiger partial charge in [0, 0.05) is 31.7 Å². The third-order valence-corrected chi connectivity index (χ3v) is 5.69. The topological polar surface area (TPSA) is 115 Å². The van der Waals surface area contributed by atoms with Crippen LogP contribution in [0.2, 0.25) is 0 Å². The molecule has 4 aromatic rings. The molecule has 0 saturated carbocycles. The number of amides is 1. The van der Waals surface area contributed by atoms with Crippen LogP contribution in [-0.4, -0.2) is 33.0 Å². The Balaban J connectivity index is 1.62. The number of nitrogen functional groups attached to an aromatic ring is 1. The summed E-state index contributed by atoms with van der Waals surface area (Å²) in [6.45, 7) is 1.40. The Morgan fingerprint density at radius 3 is 3.00 bits per heavy atom. The quantitative estimate of drug-likeness (QED) is 0.363. The number of hydrogen-bond donors (Lipinski definition) is 2. The maximum absolute atomic E-state index is 13.2. The number of fused-ring (bicyclic) bond motifs is 2. The summed E-state index contributed by atoms with van der Waals surface area (Å²) in [5, 5.41) is 3.19. The summed E-state index contributed by atoms with van der Waals surface area (Å²) < 4.78 is 8.99. The van der Waals surface area contributed by atoms with Crippen molar-refractivity contribution in [3.63, 3.8) is 0 Å². The molecule has 3 N–H and O–H groups in total. The minimum Gasteiger partial charge on any atom is -0.375 e. The average molecular weight is 431 g/mol. The molecule has 0 aromatic carbocycles. The van der Waals surface area contributed by atoms with Crippen LogP contribution in [-0.2, 0) is 17.8 Å². The van der Waals surface area contributed by atoms with Gasteiger partial charge in [-0.15, -0.1) is 0 Å².